The van der Waals surface area contributed by atoms with Gasteiger partial charge in [-0.25, -0.2) is 0 Å². The third-order valence-corrected chi connectivity index (χ3v) is 4.09. The molecule has 14 heavy (non-hydrogen) atoms. The highest BCUT2D eigenvalue weighted by atomic mass is 79.9. The second kappa shape index (κ2) is 4.03. The molecule has 1 aromatic rings. The van der Waals surface area contributed by atoms with Crippen molar-refractivity contribution in [2.75, 3.05) is 0 Å². The summed E-state index contributed by atoms with van der Waals surface area (Å²) < 4.78 is 1.17. The molecule has 0 amide bonds. The molecule has 1 fully saturated rings. The van der Waals surface area contributed by atoms with Crippen LogP contribution in [0.5, 0.6) is 0 Å². The van der Waals surface area contributed by atoms with Crippen molar-refractivity contribution in [1.82, 2.24) is 0 Å². The van der Waals surface area contributed by atoms with E-state index in [9.17, 15) is 0 Å². The number of aryl methyl sites for hydroxylation is 1. The lowest BCUT2D eigenvalue weighted by molar-refractivity contribution is 0.264. The molecule has 0 saturated heterocycles. The molecule has 1 saturated carbocycles. The first-order chi connectivity index (χ1) is 6.68. The van der Waals surface area contributed by atoms with E-state index in [4.69, 9.17) is 5.73 Å². The summed E-state index contributed by atoms with van der Waals surface area (Å²) in [5, 5.41) is 0. The van der Waals surface area contributed by atoms with Crippen LogP contribution in [0.3, 0.4) is 0 Å². The third-order valence-electron chi connectivity index (χ3n) is 3.24. The maximum Gasteiger partial charge on any atom is 0.0323 e. The van der Waals surface area contributed by atoms with Crippen molar-refractivity contribution in [3.63, 3.8) is 0 Å². The van der Waals surface area contributed by atoms with Crippen molar-refractivity contribution in [3.8, 4) is 0 Å². The Labute approximate surface area is 93.8 Å². The lowest BCUT2D eigenvalue weighted by Crippen LogP contribution is -2.26. The molecule has 0 radical (unpaired) electrons. The molecule has 0 spiro atoms. The second-order valence-corrected chi connectivity index (χ2v) is 5.08. The van der Waals surface area contributed by atoms with Crippen LogP contribution in [0.2, 0.25) is 0 Å². The van der Waals surface area contributed by atoms with E-state index >= 15 is 0 Å². The van der Waals surface area contributed by atoms with Crippen LogP contribution in [0.15, 0.2) is 22.7 Å². The molecule has 1 atom stereocenters. The summed E-state index contributed by atoms with van der Waals surface area (Å²) in [6.07, 6.45) is 3.95. The van der Waals surface area contributed by atoms with E-state index in [0.29, 0.717) is 5.92 Å². The van der Waals surface area contributed by atoms with Crippen LogP contribution in [-0.4, -0.2) is 0 Å². The number of rotatable bonds is 2. The lowest BCUT2D eigenvalue weighted by atomic mass is 9.77. The molecular formula is C12H16BrN. The van der Waals surface area contributed by atoms with Gasteiger partial charge in [0.1, 0.15) is 0 Å². The van der Waals surface area contributed by atoms with Crippen LogP contribution in [0.25, 0.3) is 0 Å². The SMILES string of the molecule is Cc1ccc(C(N)C2CCC2)cc1Br. The van der Waals surface area contributed by atoms with Gasteiger partial charge in [0.25, 0.3) is 0 Å². The molecule has 0 bridgehead atoms. The molecule has 1 nitrogen and oxygen atoms in total. The van der Waals surface area contributed by atoms with Gasteiger partial charge in [0.2, 0.25) is 0 Å². The van der Waals surface area contributed by atoms with Crippen LogP contribution in [-0.2, 0) is 0 Å². The molecule has 1 unspecified atom stereocenters. The molecule has 1 aliphatic carbocycles. The molecule has 0 heterocycles. The van der Waals surface area contributed by atoms with Gasteiger partial charge in [-0.05, 0) is 42.9 Å². The monoisotopic (exact) mass is 253 g/mol. The molecule has 76 valence electrons. The summed E-state index contributed by atoms with van der Waals surface area (Å²) in [6, 6.07) is 6.69. The summed E-state index contributed by atoms with van der Waals surface area (Å²) in [6.45, 7) is 2.10. The average molecular weight is 254 g/mol. The average Bonchev–Trinajstić information content (AvgIpc) is 2.06. The zero-order valence-corrected chi connectivity index (χ0v) is 10.0. The van der Waals surface area contributed by atoms with Gasteiger partial charge in [-0.1, -0.05) is 34.5 Å². The minimum atomic E-state index is 0.237. The van der Waals surface area contributed by atoms with Crippen molar-refractivity contribution in [2.45, 2.75) is 32.2 Å². The van der Waals surface area contributed by atoms with Gasteiger partial charge < -0.3 is 5.73 Å². The van der Waals surface area contributed by atoms with E-state index in [1.807, 2.05) is 0 Å². The van der Waals surface area contributed by atoms with Crippen LogP contribution in [0, 0.1) is 12.8 Å². The first-order valence-corrected chi connectivity index (χ1v) is 5.99. The van der Waals surface area contributed by atoms with Crippen molar-refractivity contribution >= 4 is 15.9 Å². The minimum Gasteiger partial charge on any atom is -0.324 e. The first-order valence-electron chi connectivity index (χ1n) is 5.20. The van der Waals surface area contributed by atoms with Crippen LogP contribution in [0.4, 0.5) is 0 Å². The van der Waals surface area contributed by atoms with Crippen molar-refractivity contribution in [3.05, 3.63) is 33.8 Å². The molecule has 2 rings (SSSR count). The van der Waals surface area contributed by atoms with Gasteiger partial charge in [0.05, 0.1) is 0 Å². The van der Waals surface area contributed by atoms with Crippen LogP contribution in [0.1, 0.15) is 36.4 Å². The fraction of sp³-hybridized carbons (Fsp3) is 0.500. The fourth-order valence-corrected chi connectivity index (χ4v) is 2.28. The predicted molar refractivity (Wildman–Crippen MR) is 63.1 cm³/mol. The Kier molecular flexibility index (Phi) is 2.93. The Bertz CT molecular complexity index is 331. The molecule has 1 aliphatic rings. The zero-order valence-electron chi connectivity index (χ0n) is 8.46. The molecular weight excluding hydrogens is 238 g/mol. The fourth-order valence-electron chi connectivity index (χ4n) is 1.89. The number of halogens is 1. The summed E-state index contributed by atoms with van der Waals surface area (Å²) in [4.78, 5) is 0. The van der Waals surface area contributed by atoms with E-state index in [1.54, 1.807) is 0 Å². The Morgan fingerprint density at radius 2 is 2.14 bits per heavy atom. The predicted octanol–water partition coefficient (Wildman–Crippen LogP) is 3.56. The highest BCUT2D eigenvalue weighted by Gasteiger charge is 2.25. The summed E-state index contributed by atoms with van der Waals surface area (Å²) in [5.41, 5.74) is 8.74. The van der Waals surface area contributed by atoms with Gasteiger partial charge in [0.15, 0.2) is 0 Å². The number of benzene rings is 1. The normalized spacial score (nSPS) is 19.1. The van der Waals surface area contributed by atoms with Crippen molar-refractivity contribution < 1.29 is 0 Å². The number of hydrogen-bond acceptors (Lipinski definition) is 1. The van der Waals surface area contributed by atoms with Gasteiger partial charge in [-0.2, -0.15) is 0 Å². The van der Waals surface area contributed by atoms with Gasteiger partial charge in [-0.3, -0.25) is 0 Å². The lowest BCUT2D eigenvalue weighted by Gasteiger charge is -2.31. The maximum atomic E-state index is 6.20. The number of nitrogens with two attached hydrogens (primary N) is 1. The Morgan fingerprint density at radius 1 is 1.43 bits per heavy atom. The highest BCUT2D eigenvalue weighted by molar-refractivity contribution is 9.10. The summed E-state index contributed by atoms with van der Waals surface area (Å²) >= 11 is 3.55. The molecule has 2 N–H and O–H groups in total. The number of hydrogen-bond donors (Lipinski definition) is 1. The van der Waals surface area contributed by atoms with Gasteiger partial charge >= 0.3 is 0 Å². The third kappa shape index (κ3) is 1.86. The van der Waals surface area contributed by atoms with E-state index in [2.05, 4.69) is 41.1 Å². The molecule has 2 heteroatoms. The highest BCUT2D eigenvalue weighted by Crippen LogP contribution is 2.36. The topological polar surface area (TPSA) is 26.0 Å². The van der Waals surface area contributed by atoms with Crippen molar-refractivity contribution in [1.29, 1.82) is 0 Å². The van der Waals surface area contributed by atoms with E-state index in [0.717, 1.165) is 0 Å². The smallest absolute Gasteiger partial charge is 0.0323 e. The van der Waals surface area contributed by atoms with E-state index in [1.165, 1.54) is 34.9 Å². The second-order valence-electron chi connectivity index (χ2n) is 4.23. The summed E-state index contributed by atoms with van der Waals surface area (Å²) in [7, 11) is 0. The zero-order chi connectivity index (χ0) is 10.1. The minimum absolute atomic E-state index is 0.237. The van der Waals surface area contributed by atoms with Crippen LogP contribution < -0.4 is 5.73 Å². The Hall–Kier alpha value is -0.340. The quantitative estimate of drug-likeness (QED) is 0.858. The first kappa shape index (κ1) is 10.2. The Balaban J connectivity index is 2.18. The molecule has 1 aromatic carbocycles. The standard InChI is InChI=1S/C12H16BrN/c1-8-5-6-10(7-11(8)13)12(14)9-3-2-4-9/h5-7,9,12H,2-4,14H2,1H3. The van der Waals surface area contributed by atoms with Gasteiger partial charge in [0, 0.05) is 10.5 Å². The maximum absolute atomic E-state index is 6.20. The molecule has 0 aromatic heterocycles. The summed E-state index contributed by atoms with van der Waals surface area (Å²) in [5.74, 6) is 0.713. The van der Waals surface area contributed by atoms with Crippen molar-refractivity contribution in [2.24, 2.45) is 11.7 Å². The largest absolute Gasteiger partial charge is 0.324 e. The van der Waals surface area contributed by atoms with Crippen LogP contribution >= 0.6 is 15.9 Å². The Morgan fingerprint density at radius 3 is 2.64 bits per heavy atom. The van der Waals surface area contributed by atoms with E-state index < -0.39 is 0 Å². The molecule has 0 aliphatic heterocycles. The van der Waals surface area contributed by atoms with E-state index in [-0.39, 0.29) is 6.04 Å². The van der Waals surface area contributed by atoms with Gasteiger partial charge in [-0.15, -0.1) is 0 Å².